The molecule has 2 aliphatic heterocycles. The maximum atomic E-state index is 13.5. The highest BCUT2D eigenvalue weighted by Gasteiger charge is 2.38. The molecule has 3 atom stereocenters. The fourth-order valence-corrected chi connectivity index (χ4v) is 2.79. The van der Waals surface area contributed by atoms with Crippen molar-refractivity contribution in [3.8, 4) is 11.5 Å². The number of benzene rings is 1. The number of carbonyl (C=O) groups excluding carboxylic acids is 1. The summed E-state index contributed by atoms with van der Waals surface area (Å²) in [6, 6.07) is -3.15. The number of hydrogen-bond donors (Lipinski definition) is 0. The van der Waals surface area contributed by atoms with Gasteiger partial charge in [0.15, 0.2) is 11.5 Å². The molecule has 24 heavy (non-hydrogen) atoms. The fourth-order valence-electron chi connectivity index (χ4n) is 2.79. The highest BCUT2D eigenvalue weighted by molar-refractivity contribution is 5.83. The SMILES string of the molecule is [2H]c1c(OC)c(OC([2H])([2H])[2H])c([2H])c2c1C1CC(=O)C(C([2H])([2H])C([2H])(C([2H])([2H])[2H])C([2H])([2H])C)CN1C([2H])([2H])C2([2H])[2H]. The van der Waals surface area contributed by atoms with E-state index in [-0.39, 0.29) is 0 Å². The predicted molar refractivity (Wildman–Crippen MR) is 94.8 cm³/mol. The van der Waals surface area contributed by atoms with Crippen LogP contribution in [-0.2, 0) is 11.2 Å². The Kier molecular flexibility index (Phi) is 1.79. The van der Waals surface area contributed by atoms with Crippen LogP contribution in [-0.4, -0.2) is 37.9 Å². The minimum Gasteiger partial charge on any atom is -0.493 e. The van der Waals surface area contributed by atoms with Crippen LogP contribution in [0.4, 0.5) is 0 Å². The summed E-state index contributed by atoms with van der Waals surface area (Å²) in [5, 5.41) is 0. The summed E-state index contributed by atoms with van der Waals surface area (Å²) in [7, 11) is -2.14. The average Bonchev–Trinajstić information content (AvgIpc) is 2.76. The summed E-state index contributed by atoms with van der Waals surface area (Å²) < 4.78 is 149. The molecule has 1 aromatic carbocycles. The molecule has 0 aliphatic carbocycles. The number of fused-ring (bicyclic) bond motifs is 3. The smallest absolute Gasteiger partial charge is 0.161 e. The Labute approximate surface area is 169 Å². The molecule has 0 saturated carbocycles. The van der Waals surface area contributed by atoms with Crippen LogP contribution < -0.4 is 9.47 Å². The van der Waals surface area contributed by atoms with Crippen molar-refractivity contribution >= 4 is 5.78 Å². The van der Waals surface area contributed by atoms with Gasteiger partial charge in [0.1, 0.15) is 5.78 Å². The topological polar surface area (TPSA) is 38.8 Å². The third kappa shape index (κ3) is 3.16. The maximum absolute atomic E-state index is 13.5. The highest BCUT2D eigenvalue weighted by atomic mass is 16.5. The van der Waals surface area contributed by atoms with E-state index in [9.17, 15) is 4.79 Å². The molecule has 1 aromatic rings. The van der Waals surface area contributed by atoms with Gasteiger partial charge in [-0.1, -0.05) is 20.1 Å². The molecule has 0 radical (unpaired) electrons. The van der Waals surface area contributed by atoms with Crippen molar-refractivity contribution in [1.82, 2.24) is 4.90 Å². The van der Waals surface area contributed by atoms with Gasteiger partial charge in [0.25, 0.3) is 0 Å². The average molecular weight is 349 g/mol. The molecule has 3 rings (SSSR count). The zero-order valence-electron chi connectivity index (χ0n) is 30.2. The number of piperidine rings is 1. The van der Waals surface area contributed by atoms with Crippen molar-refractivity contribution in [2.24, 2.45) is 11.8 Å². The third-order valence-electron chi connectivity index (χ3n) is 4.03. The van der Waals surface area contributed by atoms with Gasteiger partial charge in [-0.2, -0.15) is 0 Å². The normalized spacial score (nSPS) is 43.1. The molecule has 0 aromatic heterocycles. The van der Waals surface area contributed by atoms with Crippen LogP contribution in [0.15, 0.2) is 12.1 Å². The second-order valence-electron chi connectivity index (χ2n) is 5.40. The lowest BCUT2D eigenvalue weighted by Crippen LogP contribution is -2.46. The van der Waals surface area contributed by atoms with Gasteiger partial charge in [-0.05, 0) is 41.9 Å². The van der Waals surface area contributed by atoms with Gasteiger partial charge in [0, 0.05) is 47.9 Å². The number of ether oxygens (including phenoxy) is 2. The molecule has 0 bridgehead atoms. The monoisotopic (exact) mass is 348 g/mol. The lowest BCUT2D eigenvalue weighted by atomic mass is 9.79. The van der Waals surface area contributed by atoms with Gasteiger partial charge in [0.2, 0.25) is 0 Å². The number of methoxy groups -OCH3 is 2. The first-order chi connectivity index (χ1) is 18.1. The molecule has 0 spiro atoms. The Morgan fingerprint density at radius 3 is 3.08 bits per heavy atom. The molecule has 2 aliphatic rings. The van der Waals surface area contributed by atoms with Gasteiger partial charge in [0.05, 0.1) is 21.0 Å². The summed E-state index contributed by atoms with van der Waals surface area (Å²) >= 11 is 0. The molecule has 4 nitrogen and oxygen atoms in total. The number of ketones is 1. The molecular weight excluding hydrogens is 302 g/mol. The van der Waals surface area contributed by atoms with Crippen molar-refractivity contribution in [3.63, 3.8) is 0 Å². The number of nitrogens with zero attached hydrogens (tertiary/aromatic N) is 1. The number of rotatable bonds is 5. The van der Waals surface area contributed by atoms with Crippen LogP contribution in [0, 0.1) is 11.8 Å². The molecule has 4 heteroatoms. The molecule has 132 valence electrons. The van der Waals surface area contributed by atoms with E-state index in [1.54, 1.807) is 0 Å². The van der Waals surface area contributed by atoms with E-state index in [4.69, 9.17) is 32.8 Å². The van der Waals surface area contributed by atoms with Crippen LogP contribution >= 0.6 is 0 Å². The summed E-state index contributed by atoms with van der Waals surface area (Å²) in [4.78, 5) is 14.2. The first kappa shape index (κ1) is 6.01. The van der Waals surface area contributed by atoms with E-state index >= 15 is 0 Å². The Morgan fingerprint density at radius 2 is 2.38 bits per heavy atom. The van der Waals surface area contributed by atoms with Crippen LogP contribution in [0.2, 0.25) is 0 Å². The Bertz CT molecular complexity index is 1220. The predicted octanol–water partition coefficient (Wildman–Crippen LogP) is 3.63. The highest BCUT2D eigenvalue weighted by Crippen LogP contribution is 2.42. The summed E-state index contributed by atoms with van der Waals surface area (Å²) in [6.07, 6.45) is -10.5. The first-order valence-electron chi connectivity index (χ1n) is 15.8. The van der Waals surface area contributed by atoms with Crippen molar-refractivity contribution in [1.29, 1.82) is 0 Å². The summed E-state index contributed by atoms with van der Waals surface area (Å²) in [5.41, 5.74) is -1.18. The maximum Gasteiger partial charge on any atom is 0.161 e. The second kappa shape index (κ2) is 7.14. The van der Waals surface area contributed by atoms with Gasteiger partial charge >= 0.3 is 0 Å². The summed E-state index contributed by atoms with van der Waals surface area (Å²) in [5.74, 6) is -8.11. The molecule has 1 saturated heterocycles. The largest absolute Gasteiger partial charge is 0.493 e. The van der Waals surface area contributed by atoms with Crippen LogP contribution in [0.1, 0.15) is 73.4 Å². The van der Waals surface area contributed by atoms with E-state index in [1.807, 2.05) is 0 Å². The molecule has 1 fully saturated rings. The van der Waals surface area contributed by atoms with E-state index in [0.717, 1.165) is 7.11 Å². The van der Waals surface area contributed by atoms with Crippen LogP contribution in [0.25, 0.3) is 0 Å². The van der Waals surface area contributed by atoms with Gasteiger partial charge in [-0.25, -0.2) is 0 Å². The quantitative estimate of drug-likeness (QED) is 0.814. The van der Waals surface area contributed by atoms with Crippen LogP contribution in [0.5, 0.6) is 11.5 Å². The van der Waals surface area contributed by atoms with E-state index in [0.29, 0.717) is 11.8 Å². The zero-order valence-corrected chi connectivity index (χ0v) is 13.2. The lowest BCUT2D eigenvalue weighted by Gasteiger charge is -2.43. The molecule has 3 unspecified atom stereocenters. The second-order valence-corrected chi connectivity index (χ2v) is 5.40. The van der Waals surface area contributed by atoms with Crippen molar-refractivity contribution in [2.45, 2.75) is 45.4 Å². The lowest BCUT2D eigenvalue weighted by molar-refractivity contribution is -0.129. The molecule has 0 amide bonds. The van der Waals surface area contributed by atoms with Crippen molar-refractivity contribution in [3.05, 3.63) is 23.2 Å². The number of Topliss-reactive ketones (excluding diaryl/α,β-unsaturated/α-hetero) is 1. The standard InChI is InChI=1S/C20H29NO3/c1-5-13(2)8-15-12-21-7-6-14-9-19(23-3)20(24-4)10-16(14)17(21)11-18(15)22/h9-10,13,15,17H,5-8,11-12H2,1-4H3/i2D3,3D3,5D2,6D2,7D2,8D2,9D,10D,13D. The van der Waals surface area contributed by atoms with E-state index in [2.05, 4.69) is 0 Å². The van der Waals surface area contributed by atoms with E-state index < -0.39 is 111 Å². The first-order valence-corrected chi connectivity index (χ1v) is 7.31. The van der Waals surface area contributed by atoms with Gasteiger partial charge in [-0.3, -0.25) is 9.69 Å². The zero-order chi connectivity index (χ0) is 32.1. The molecule has 0 N–H and O–H groups in total. The van der Waals surface area contributed by atoms with Crippen LogP contribution in [0.3, 0.4) is 0 Å². The Morgan fingerprint density at radius 1 is 1.54 bits per heavy atom. The minimum absolute atomic E-state index is 0.406. The van der Waals surface area contributed by atoms with Crippen molar-refractivity contribution in [2.75, 3.05) is 27.2 Å². The molecular formula is C20H29NO3. The van der Waals surface area contributed by atoms with Crippen molar-refractivity contribution < 1.29 is 37.6 Å². The van der Waals surface area contributed by atoms with Gasteiger partial charge < -0.3 is 9.47 Å². The third-order valence-corrected chi connectivity index (χ3v) is 4.03. The Hall–Kier alpha value is -1.55. The Balaban J connectivity index is 2.30. The summed E-state index contributed by atoms with van der Waals surface area (Å²) in [6.45, 7) is -7.07. The number of carbonyl (C=O) groups is 1. The number of hydrogen-bond acceptors (Lipinski definition) is 4. The minimum atomic E-state index is -3.59. The van der Waals surface area contributed by atoms with Gasteiger partial charge in [-0.15, -0.1) is 0 Å². The fraction of sp³-hybridized carbons (Fsp3) is 0.650. The van der Waals surface area contributed by atoms with E-state index in [1.165, 1.54) is 0 Å². The molecule has 2 heterocycles.